The number of para-hydroxylation sites is 1. The standard InChI is InChI=1S/C12H12ClN5O/c1-18(12-15-6-8(13)7-16-12)10-5-3-2-4-9(10)11(14)17-19/h2-7,19H,1H3,(H2,14,17). The summed E-state index contributed by atoms with van der Waals surface area (Å²) in [7, 11) is 1.78. The molecule has 6 nitrogen and oxygen atoms in total. The van der Waals surface area contributed by atoms with Crippen molar-refractivity contribution in [2.45, 2.75) is 0 Å². The molecule has 0 amide bonds. The Hall–Kier alpha value is -2.34. The lowest BCUT2D eigenvalue weighted by molar-refractivity contribution is 0.318. The molecule has 0 atom stereocenters. The van der Waals surface area contributed by atoms with Crippen molar-refractivity contribution in [3.63, 3.8) is 0 Å². The summed E-state index contributed by atoms with van der Waals surface area (Å²) in [5, 5.41) is 12.3. The Labute approximate surface area is 115 Å². The summed E-state index contributed by atoms with van der Waals surface area (Å²) < 4.78 is 0. The van der Waals surface area contributed by atoms with Crippen molar-refractivity contribution < 1.29 is 5.21 Å². The largest absolute Gasteiger partial charge is 0.409 e. The van der Waals surface area contributed by atoms with Crippen molar-refractivity contribution in [3.05, 3.63) is 47.2 Å². The zero-order chi connectivity index (χ0) is 13.8. The number of nitrogens with two attached hydrogens (primary N) is 1. The van der Waals surface area contributed by atoms with Crippen LogP contribution in [0.1, 0.15) is 5.56 Å². The van der Waals surface area contributed by atoms with Crippen LogP contribution in [0.3, 0.4) is 0 Å². The van der Waals surface area contributed by atoms with E-state index in [9.17, 15) is 0 Å². The van der Waals surface area contributed by atoms with Crippen molar-refractivity contribution in [2.75, 3.05) is 11.9 Å². The van der Waals surface area contributed by atoms with Gasteiger partial charge in [-0.3, -0.25) is 0 Å². The lowest BCUT2D eigenvalue weighted by atomic mass is 10.1. The van der Waals surface area contributed by atoms with E-state index < -0.39 is 0 Å². The summed E-state index contributed by atoms with van der Waals surface area (Å²) in [6, 6.07) is 7.21. The van der Waals surface area contributed by atoms with E-state index in [2.05, 4.69) is 15.1 Å². The van der Waals surface area contributed by atoms with Gasteiger partial charge in [0.1, 0.15) is 0 Å². The average molecular weight is 278 g/mol. The van der Waals surface area contributed by atoms with Crippen LogP contribution in [0.15, 0.2) is 41.8 Å². The maximum absolute atomic E-state index is 8.80. The molecule has 0 unspecified atom stereocenters. The van der Waals surface area contributed by atoms with Crippen molar-refractivity contribution in [1.82, 2.24) is 9.97 Å². The molecule has 1 aromatic heterocycles. The van der Waals surface area contributed by atoms with Crippen molar-refractivity contribution in [3.8, 4) is 0 Å². The molecular weight excluding hydrogens is 266 g/mol. The van der Waals surface area contributed by atoms with E-state index >= 15 is 0 Å². The number of aromatic nitrogens is 2. The van der Waals surface area contributed by atoms with Crippen LogP contribution in [-0.2, 0) is 0 Å². The van der Waals surface area contributed by atoms with Crippen LogP contribution in [0.4, 0.5) is 11.6 Å². The molecule has 2 rings (SSSR count). The Kier molecular flexibility index (Phi) is 3.82. The predicted octanol–water partition coefficient (Wildman–Crippen LogP) is 1.99. The molecule has 3 N–H and O–H groups in total. The summed E-state index contributed by atoms with van der Waals surface area (Å²) >= 11 is 5.75. The van der Waals surface area contributed by atoms with Gasteiger partial charge in [-0.2, -0.15) is 0 Å². The van der Waals surface area contributed by atoms with Gasteiger partial charge in [-0.1, -0.05) is 28.9 Å². The normalized spacial score (nSPS) is 11.4. The van der Waals surface area contributed by atoms with Gasteiger partial charge in [0.15, 0.2) is 5.84 Å². The highest BCUT2D eigenvalue weighted by Crippen LogP contribution is 2.24. The zero-order valence-electron chi connectivity index (χ0n) is 10.2. The van der Waals surface area contributed by atoms with Crippen LogP contribution >= 0.6 is 11.6 Å². The van der Waals surface area contributed by atoms with E-state index in [1.54, 1.807) is 24.1 Å². The molecule has 98 valence electrons. The number of hydrogen-bond donors (Lipinski definition) is 2. The minimum atomic E-state index is 0.0245. The van der Waals surface area contributed by atoms with Crippen LogP contribution in [0, 0.1) is 0 Å². The van der Waals surface area contributed by atoms with Gasteiger partial charge < -0.3 is 15.8 Å². The molecule has 0 aliphatic carbocycles. The van der Waals surface area contributed by atoms with Crippen LogP contribution < -0.4 is 10.6 Å². The first-order valence-corrected chi connectivity index (χ1v) is 5.79. The fraction of sp³-hybridized carbons (Fsp3) is 0.0833. The maximum Gasteiger partial charge on any atom is 0.229 e. The van der Waals surface area contributed by atoms with Gasteiger partial charge in [-0.05, 0) is 12.1 Å². The summed E-state index contributed by atoms with van der Waals surface area (Å²) in [6.07, 6.45) is 3.01. The second-order valence-corrected chi connectivity index (χ2v) is 4.20. The van der Waals surface area contributed by atoms with Gasteiger partial charge in [-0.25, -0.2) is 9.97 Å². The van der Waals surface area contributed by atoms with Gasteiger partial charge in [0.05, 0.1) is 23.1 Å². The minimum absolute atomic E-state index is 0.0245. The summed E-state index contributed by atoms with van der Waals surface area (Å²) in [6.45, 7) is 0. The number of benzene rings is 1. The Bertz CT molecular complexity index is 599. The number of anilines is 2. The number of rotatable bonds is 3. The third kappa shape index (κ3) is 2.74. The van der Waals surface area contributed by atoms with Gasteiger partial charge in [-0.15, -0.1) is 0 Å². The summed E-state index contributed by atoms with van der Waals surface area (Å²) in [4.78, 5) is 9.97. The predicted molar refractivity (Wildman–Crippen MR) is 74.1 cm³/mol. The second kappa shape index (κ2) is 5.53. The Morgan fingerprint density at radius 2 is 1.95 bits per heavy atom. The van der Waals surface area contributed by atoms with Crippen LogP contribution in [-0.4, -0.2) is 28.1 Å². The van der Waals surface area contributed by atoms with E-state index in [4.69, 9.17) is 22.5 Å². The molecule has 0 radical (unpaired) electrons. The van der Waals surface area contributed by atoms with Crippen LogP contribution in [0.5, 0.6) is 0 Å². The smallest absolute Gasteiger partial charge is 0.229 e. The van der Waals surface area contributed by atoms with Crippen LogP contribution in [0.2, 0.25) is 5.02 Å². The Balaban J connectivity index is 2.44. The monoisotopic (exact) mass is 277 g/mol. The fourth-order valence-electron chi connectivity index (χ4n) is 1.62. The van der Waals surface area contributed by atoms with Crippen molar-refractivity contribution in [2.24, 2.45) is 10.9 Å². The molecule has 19 heavy (non-hydrogen) atoms. The SMILES string of the molecule is CN(c1ncc(Cl)cn1)c1ccccc1/C(N)=N/O. The number of nitrogens with zero attached hydrogens (tertiary/aromatic N) is 4. The molecule has 7 heteroatoms. The molecule has 2 aromatic rings. The zero-order valence-corrected chi connectivity index (χ0v) is 10.9. The van der Waals surface area contributed by atoms with Gasteiger partial charge in [0.25, 0.3) is 0 Å². The first-order valence-electron chi connectivity index (χ1n) is 5.41. The highest BCUT2D eigenvalue weighted by Gasteiger charge is 2.13. The molecule has 0 spiro atoms. The number of oxime groups is 1. The van der Waals surface area contributed by atoms with E-state index in [0.29, 0.717) is 16.5 Å². The van der Waals surface area contributed by atoms with Crippen molar-refractivity contribution >= 4 is 29.1 Å². The molecule has 1 heterocycles. The third-order valence-electron chi connectivity index (χ3n) is 2.56. The van der Waals surface area contributed by atoms with E-state index in [1.165, 1.54) is 12.4 Å². The Morgan fingerprint density at radius 1 is 1.32 bits per heavy atom. The van der Waals surface area contributed by atoms with Gasteiger partial charge in [0.2, 0.25) is 5.95 Å². The molecule has 0 saturated heterocycles. The topological polar surface area (TPSA) is 87.6 Å². The lowest BCUT2D eigenvalue weighted by Gasteiger charge is -2.19. The van der Waals surface area contributed by atoms with Gasteiger partial charge in [0, 0.05) is 12.6 Å². The first-order chi connectivity index (χ1) is 9.13. The fourth-order valence-corrected chi connectivity index (χ4v) is 1.72. The molecule has 0 saturated carbocycles. The highest BCUT2D eigenvalue weighted by molar-refractivity contribution is 6.30. The molecule has 0 fully saturated rings. The van der Waals surface area contributed by atoms with E-state index in [1.807, 2.05) is 12.1 Å². The number of hydrogen-bond acceptors (Lipinski definition) is 5. The van der Waals surface area contributed by atoms with Crippen molar-refractivity contribution in [1.29, 1.82) is 0 Å². The maximum atomic E-state index is 8.80. The summed E-state index contributed by atoms with van der Waals surface area (Å²) in [5.74, 6) is 0.485. The average Bonchev–Trinajstić information content (AvgIpc) is 2.46. The minimum Gasteiger partial charge on any atom is -0.409 e. The first kappa shape index (κ1) is 13.1. The highest BCUT2D eigenvalue weighted by atomic mass is 35.5. The van der Waals surface area contributed by atoms with E-state index in [-0.39, 0.29) is 5.84 Å². The third-order valence-corrected chi connectivity index (χ3v) is 2.75. The summed E-state index contributed by atoms with van der Waals surface area (Å²) in [5.41, 5.74) is 6.96. The van der Waals surface area contributed by atoms with Gasteiger partial charge >= 0.3 is 0 Å². The van der Waals surface area contributed by atoms with Crippen LogP contribution in [0.25, 0.3) is 0 Å². The molecule has 0 bridgehead atoms. The van der Waals surface area contributed by atoms with E-state index in [0.717, 1.165) is 5.69 Å². The molecular formula is C12H12ClN5O. The Morgan fingerprint density at radius 3 is 2.58 bits per heavy atom. The quantitative estimate of drug-likeness (QED) is 0.388. The lowest BCUT2D eigenvalue weighted by Crippen LogP contribution is -2.20. The molecule has 0 aliphatic rings. The number of amidine groups is 1. The molecule has 0 aliphatic heterocycles. The number of halogens is 1. The second-order valence-electron chi connectivity index (χ2n) is 3.76. The molecule has 1 aromatic carbocycles.